The van der Waals surface area contributed by atoms with Gasteiger partial charge in [-0.25, -0.2) is 4.79 Å². The average molecular weight is 701 g/mol. The first-order chi connectivity index (χ1) is 23.3. The standard InChI is InChI=1S/C32H44O17/c1-3-15-17(16(30(43)44-2)5-7-20(15)47-32-29(42)26(39)24(37)21(12-33)48-32)11-23(36)46-13-22-25(38)27(40)28(41)31(49-22)45-9-8-14-4-6-18(34)19(35)10-14/h3-6,10,17,20-22,24-29,31-35,37-42H,7-9,11-13H2,1-2H3/b15-3+/t17?,20-,21?,22?,24?,25?,26?,27?,28?,29?,31?,32?/m1/s1. The number of rotatable bonds is 12. The van der Waals surface area contributed by atoms with Crippen molar-refractivity contribution in [1.82, 2.24) is 0 Å². The van der Waals surface area contributed by atoms with Gasteiger partial charge in [0.2, 0.25) is 0 Å². The van der Waals surface area contributed by atoms with Crippen molar-refractivity contribution in [2.24, 2.45) is 5.92 Å². The third-order valence-electron chi connectivity index (χ3n) is 8.76. The van der Waals surface area contributed by atoms with Crippen LogP contribution in [0.3, 0.4) is 0 Å². The maximum atomic E-state index is 13.2. The third-order valence-corrected chi connectivity index (χ3v) is 8.76. The Balaban J connectivity index is 1.39. The van der Waals surface area contributed by atoms with E-state index in [1.165, 1.54) is 25.3 Å². The van der Waals surface area contributed by atoms with Crippen molar-refractivity contribution in [3.05, 3.63) is 47.1 Å². The smallest absolute Gasteiger partial charge is 0.334 e. The summed E-state index contributed by atoms with van der Waals surface area (Å²) in [5, 5.41) is 90.7. The topological polar surface area (TPSA) is 272 Å². The summed E-state index contributed by atoms with van der Waals surface area (Å²) in [5.74, 6) is -3.15. The number of aliphatic hydroxyl groups is 7. The molecule has 17 nitrogen and oxygen atoms in total. The van der Waals surface area contributed by atoms with Crippen LogP contribution in [0.2, 0.25) is 0 Å². The van der Waals surface area contributed by atoms with Gasteiger partial charge in [-0.15, -0.1) is 0 Å². The van der Waals surface area contributed by atoms with Crippen LogP contribution in [0.5, 0.6) is 11.5 Å². The Labute approximate surface area is 281 Å². The number of esters is 2. The molecule has 0 radical (unpaired) electrons. The molecule has 0 amide bonds. The number of phenols is 2. The third kappa shape index (κ3) is 8.94. The van der Waals surface area contributed by atoms with Crippen molar-refractivity contribution in [3.8, 4) is 11.5 Å². The van der Waals surface area contributed by atoms with Gasteiger partial charge in [-0.05, 0) is 43.0 Å². The second-order valence-electron chi connectivity index (χ2n) is 11.9. The van der Waals surface area contributed by atoms with E-state index in [1.54, 1.807) is 19.1 Å². The SMILES string of the molecule is C/C=C1\C(CC(=O)OCC2OC(OCCc3ccc(O)c(O)c3)C(O)C(O)C2O)C(C(=O)OC)=CC[C@H]1OC1OC(CO)C(O)C(O)C1O. The molecule has 274 valence electrons. The molecule has 2 saturated heterocycles. The van der Waals surface area contributed by atoms with Gasteiger partial charge in [0, 0.05) is 11.5 Å². The Hall–Kier alpha value is -3.20. The van der Waals surface area contributed by atoms with Crippen molar-refractivity contribution in [2.75, 3.05) is 26.9 Å². The molecule has 1 aromatic carbocycles. The Morgan fingerprint density at radius 1 is 0.898 bits per heavy atom. The van der Waals surface area contributed by atoms with Gasteiger partial charge in [-0.1, -0.05) is 18.2 Å². The molecule has 17 heteroatoms. The molecule has 49 heavy (non-hydrogen) atoms. The highest BCUT2D eigenvalue weighted by Crippen LogP contribution is 2.37. The molecule has 4 rings (SSSR count). The average Bonchev–Trinajstić information content (AvgIpc) is 3.09. The van der Waals surface area contributed by atoms with E-state index in [-0.39, 0.29) is 36.5 Å². The number of carbonyl (C=O) groups is 2. The summed E-state index contributed by atoms with van der Waals surface area (Å²) >= 11 is 0. The molecule has 0 spiro atoms. The number of hydrogen-bond donors (Lipinski definition) is 9. The zero-order chi connectivity index (χ0) is 36.0. The Bertz CT molecular complexity index is 1350. The van der Waals surface area contributed by atoms with Crippen molar-refractivity contribution >= 4 is 11.9 Å². The molecule has 2 heterocycles. The van der Waals surface area contributed by atoms with Gasteiger partial charge < -0.3 is 74.4 Å². The number of allylic oxidation sites excluding steroid dienone is 1. The van der Waals surface area contributed by atoms with Gasteiger partial charge in [0.15, 0.2) is 24.1 Å². The van der Waals surface area contributed by atoms with Crippen molar-refractivity contribution < 1.29 is 84.0 Å². The molecule has 1 aromatic rings. The van der Waals surface area contributed by atoms with Crippen LogP contribution in [0.1, 0.15) is 25.3 Å². The van der Waals surface area contributed by atoms with Crippen LogP contribution in [-0.4, -0.2) is 152 Å². The molecule has 9 N–H and O–H groups in total. The van der Waals surface area contributed by atoms with E-state index >= 15 is 0 Å². The van der Waals surface area contributed by atoms with Gasteiger partial charge in [0.1, 0.15) is 55.4 Å². The largest absolute Gasteiger partial charge is 0.504 e. The van der Waals surface area contributed by atoms with E-state index in [1.807, 2.05) is 0 Å². The first kappa shape index (κ1) is 38.6. The summed E-state index contributed by atoms with van der Waals surface area (Å²) in [6.07, 6.45) is -13.4. The highest BCUT2D eigenvalue weighted by molar-refractivity contribution is 5.91. The predicted octanol–water partition coefficient (Wildman–Crippen LogP) is -2.35. The number of aromatic hydroxyl groups is 2. The molecule has 11 unspecified atom stereocenters. The van der Waals surface area contributed by atoms with E-state index < -0.39 is 105 Å². The van der Waals surface area contributed by atoms with Crippen LogP contribution < -0.4 is 0 Å². The summed E-state index contributed by atoms with van der Waals surface area (Å²) in [6.45, 7) is 0.334. The summed E-state index contributed by atoms with van der Waals surface area (Å²) < 4.78 is 32.8. The number of methoxy groups -OCH3 is 1. The van der Waals surface area contributed by atoms with Crippen LogP contribution in [0.4, 0.5) is 0 Å². The van der Waals surface area contributed by atoms with E-state index in [0.29, 0.717) is 11.1 Å². The number of phenolic OH excluding ortho intramolecular Hbond substituents is 2. The molecule has 0 saturated carbocycles. The quantitative estimate of drug-likeness (QED) is 0.0627. The highest BCUT2D eigenvalue weighted by atomic mass is 16.7. The van der Waals surface area contributed by atoms with Crippen molar-refractivity contribution in [3.63, 3.8) is 0 Å². The molecule has 2 aliphatic heterocycles. The fourth-order valence-electron chi connectivity index (χ4n) is 5.96. The fourth-order valence-corrected chi connectivity index (χ4v) is 5.96. The van der Waals surface area contributed by atoms with Crippen LogP contribution in [0.25, 0.3) is 0 Å². The second kappa shape index (κ2) is 17.1. The Morgan fingerprint density at radius 3 is 2.18 bits per heavy atom. The Kier molecular flexibility index (Phi) is 13.5. The van der Waals surface area contributed by atoms with Gasteiger partial charge in [-0.2, -0.15) is 0 Å². The molecule has 3 aliphatic rings. The second-order valence-corrected chi connectivity index (χ2v) is 11.9. The number of benzene rings is 1. The molecule has 12 atom stereocenters. The molecular formula is C32H44O17. The van der Waals surface area contributed by atoms with Gasteiger partial charge in [0.05, 0.1) is 32.8 Å². The summed E-state index contributed by atoms with van der Waals surface area (Å²) in [5.41, 5.74) is 1.11. The Morgan fingerprint density at radius 2 is 1.55 bits per heavy atom. The van der Waals surface area contributed by atoms with Crippen molar-refractivity contribution in [1.29, 1.82) is 0 Å². The number of aliphatic hydroxyl groups excluding tert-OH is 7. The number of carbonyl (C=O) groups excluding carboxylic acids is 2. The maximum absolute atomic E-state index is 13.2. The van der Waals surface area contributed by atoms with Crippen LogP contribution in [0.15, 0.2) is 41.5 Å². The first-order valence-corrected chi connectivity index (χ1v) is 15.7. The maximum Gasteiger partial charge on any atom is 0.334 e. The van der Waals surface area contributed by atoms with Crippen LogP contribution in [-0.2, 0) is 44.4 Å². The van der Waals surface area contributed by atoms with Gasteiger partial charge >= 0.3 is 11.9 Å². The van der Waals surface area contributed by atoms with E-state index in [4.69, 9.17) is 28.4 Å². The minimum atomic E-state index is -1.72. The molecule has 1 aliphatic carbocycles. The molecule has 2 fully saturated rings. The molecular weight excluding hydrogens is 656 g/mol. The molecule has 0 bridgehead atoms. The van der Waals surface area contributed by atoms with Crippen molar-refractivity contribution in [2.45, 2.75) is 93.7 Å². The number of hydrogen-bond acceptors (Lipinski definition) is 17. The van der Waals surface area contributed by atoms with E-state index in [0.717, 1.165) is 0 Å². The number of ether oxygens (including phenoxy) is 6. The minimum absolute atomic E-state index is 0.0515. The highest BCUT2D eigenvalue weighted by Gasteiger charge is 2.47. The normalized spacial score (nSPS) is 35.9. The van der Waals surface area contributed by atoms with Gasteiger partial charge in [0.25, 0.3) is 0 Å². The zero-order valence-corrected chi connectivity index (χ0v) is 26.8. The van der Waals surface area contributed by atoms with Crippen LogP contribution in [0, 0.1) is 5.92 Å². The lowest BCUT2D eigenvalue weighted by molar-refractivity contribution is -0.308. The molecule has 0 aromatic heterocycles. The predicted molar refractivity (Wildman–Crippen MR) is 162 cm³/mol. The van der Waals surface area contributed by atoms with Crippen LogP contribution >= 0.6 is 0 Å². The summed E-state index contributed by atoms with van der Waals surface area (Å²) in [6, 6.07) is 4.17. The monoisotopic (exact) mass is 700 g/mol. The zero-order valence-electron chi connectivity index (χ0n) is 26.8. The van der Waals surface area contributed by atoms with Gasteiger partial charge in [-0.3, -0.25) is 4.79 Å². The minimum Gasteiger partial charge on any atom is -0.504 e. The lowest BCUT2D eigenvalue weighted by atomic mass is 9.79. The fraction of sp³-hybridized carbons (Fsp3) is 0.625. The lowest BCUT2D eigenvalue weighted by Gasteiger charge is -2.42. The lowest BCUT2D eigenvalue weighted by Crippen LogP contribution is -2.59. The van der Waals surface area contributed by atoms with E-state index in [2.05, 4.69) is 0 Å². The summed E-state index contributed by atoms with van der Waals surface area (Å²) in [7, 11) is 1.17. The summed E-state index contributed by atoms with van der Waals surface area (Å²) in [4.78, 5) is 25.8. The van der Waals surface area contributed by atoms with E-state index in [9.17, 15) is 55.5 Å². The first-order valence-electron chi connectivity index (χ1n) is 15.7.